The molecule has 0 rings (SSSR count). The molecular weight excluding hydrogens is 218 g/mol. The molecule has 0 saturated carbocycles. The van der Waals surface area contributed by atoms with Gasteiger partial charge in [0.15, 0.2) is 0 Å². The van der Waals surface area contributed by atoms with Gasteiger partial charge < -0.3 is 0 Å². The number of amides is 1. The Kier molecular flexibility index (Phi) is 6.20. The first-order valence-electron chi connectivity index (χ1n) is 4.67. The zero-order valence-electron chi connectivity index (χ0n) is 9.46. The van der Waals surface area contributed by atoms with E-state index in [1.807, 2.05) is 6.92 Å². The molecule has 0 aromatic carbocycles. The number of hydrogen-bond donors (Lipinski definition) is 0. The van der Waals surface area contributed by atoms with Gasteiger partial charge >= 0.3 is 5.91 Å². The van der Waals surface area contributed by atoms with E-state index >= 15 is 0 Å². The van der Waals surface area contributed by atoms with Crippen LogP contribution in [0, 0.1) is 0 Å². The van der Waals surface area contributed by atoms with E-state index in [1.54, 1.807) is 6.92 Å². The molecule has 0 aliphatic carbocycles. The van der Waals surface area contributed by atoms with Crippen LogP contribution < -0.4 is 0 Å². The average molecular weight is 234 g/mol. The van der Waals surface area contributed by atoms with Crippen LogP contribution in [0.2, 0.25) is 0 Å². The maximum Gasteiger partial charge on any atom is 0.317 e. The summed E-state index contributed by atoms with van der Waals surface area (Å²) < 4.78 is 0. The fourth-order valence-electron chi connectivity index (χ4n) is 1.05. The third-order valence-electron chi connectivity index (χ3n) is 1.94. The second kappa shape index (κ2) is 6.58. The average Bonchev–Trinajstić information content (AvgIpc) is 2.22. The molecule has 0 aliphatic heterocycles. The Hall–Kier alpha value is -0.870. The standard InChI is InChI=1S/C10H16ClNO3/c1-5-6-8(7(2)11)9(13)10(14)12(3)15-4/h5-6H2,1-4H3/b8-7-. The van der Waals surface area contributed by atoms with Crippen LogP contribution in [0.15, 0.2) is 10.6 Å². The highest BCUT2D eigenvalue weighted by atomic mass is 35.5. The number of hydroxylamine groups is 2. The minimum Gasteiger partial charge on any atom is -0.283 e. The van der Waals surface area contributed by atoms with Crippen molar-refractivity contribution >= 4 is 23.3 Å². The zero-order valence-corrected chi connectivity index (χ0v) is 10.2. The van der Waals surface area contributed by atoms with Crippen molar-refractivity contribution in [1.82, 2.24) is 5.06 Å². The van der Waals surface area contributed by atoms with Crippen LogP contribution in [-0.4, -0.2) is 30.9 Å². The fraction of sp³-hybridized carbons (Fsp3) is 0.600. The van der Waals surface area contributed by atoms with E-state index in [0.29, 0.717) is 17.0 Å². The van der Waals surface area contributed by atoms with Crippen molar-refractivity contribution < 1.29 is 14.4 Å². The van der Waals surface area contributed by atoms with Crippen molar-refractivity contribution in [2.45, 2.75) is 26.7 Å². The molecule has 0 saturated heterocycles. The van der Waals surface area contributed by atoms with Gasteiger partial charge in [-0.25, -0.2) is 5.06 Å². The van der Waals surface area contributed by atoms with Gasteiger partial charge in [0.05, 0.1) is 7.11 Å². The van der Waals surface area contributed by atoms with Crippen LogP contribution in [0.4, 0.5) is 0 Å². The molecule has 86 valence electrons. The number of rotatable bonds is 5. The van der Waals surface area contributed by atoms with Gasteiger partial charge in [0, 0.05) is 17.7 Å². The minimum atomic E-state index is -0.707. The second-order valence-corrected chi connectivity index (χ2v) is 3.64. The Balaban J connectivity index is 4.82. The highest BCUT2D eigenvalue weighted by Gasteiger charge is 2.23. The number of Topliss-reactive ketones (excluding diaryl/α,β-unsaturated/α-hetero) is 1. The highest BCUT2D eigenvalue weighted by molar-refractivity contribution is 6.45. The van der Waals surface area contributed by atoms with Gasteiger partial charge in [-0.3, -0.25) is 14.4 Å². The largest absolute Gasteiger partial charge is 0.317 e. The summed E-state index contributed by atoms with van der Waals surface area (Å²) in [6.07, 6.45) is 1.26. The monoisotopic (exact) mass is 233 g/mol. The van der Waals surface area contributed by atoms with Crippen LogP contribution in [0.25, 0.3) is 0 Å². The van der Waals surface area contributed by atoms with E-state index in [9.17, 15) is 9.59 Å². The number of carbonyl (C=O) groups excluding carboxylic acids is 2. The van der Waals surface area contributed by atoms with Crippen molar-refractivity contribution in [3.8, 4) is 0 Å². The molecule has 0 bridgehead atoms. The molecule has 0 spiro atoms. The fourth-order valence-corrected chi connectivity index (χ4v) is 1.23. The summed E-state index contributed by atoms with van der Waals surface area (Å²) in [5.74, 6) is -1.31. The van der Waals surface area contributed by atoms with Crippen molar-refractivity contribution in [3.63, 3.8) is 0 Å². The molecule has 15 heavy (non-hydrogen) atoms. The first-order chi connectivity index (χ1) is 6.95. The number of carbonyl (C=O) groups is 2. The number of likely N-dealkylation sites (N-methyl/N-ethyl adjacent to an activating group) is 1. The molecule has 0 N–H and O–H groups in total. The summed E-state index contributed by atoms with van der Waals surface area (Å²) in [4.78, 5) is 27.8. The third-order valence-corrected chi connectivity index (χ3v) is 2.17. The Morgan fingerprint density at radius 1 is 1.40 bits per heavy atom. The molecular formula is C10H16ClNO3. The quantitative estimate of drug-likeness (QED) is 0.414. The van der Waals surface area contributed by atoms with Crippen molar-refractivity contribution in [2.75, 3.05) is 14.2 Å². The third kappa shape index (κ3) is 4.01. The van der Waals surface area contributed by atoms with Crippen molar-refractivity contribution in [3.05, 3.63) is 10.6 Å². The normalized spacial score (nSPS) is 12.1. The lowest BCUT2D eigenvalue weighted by Gasteiger charge is -2.13. The first kappa shape index (κ1) is 14.1. The summed E-state index contributed by atoms with van der Waals surface area (Å²) in [6.45, 7) is 3.52. The maximum absolute atomic E-state index is 11.7. The van der Waals surface area contributed by atoms with Crippen LogP contribution in [-0.2, 0) is 14.4 Å². The molecule has 0 atom stereocenters. The summed E-state index contributed by atoms with van der Waals surface area (Å²) >= 11 is 5.76. The Labute approximate surface area is 94.8 Å². The first-order valence-corrected chi connectivity index (χ1v) is 5.05. The number of nitrogens with zero attached hydrogens (tertiary/aromatic N) is 1. The van der Waals surface area contributed by atoms with E-state index in [0.717, 1.165) is 11.5 Å². The molecule has 0 radical (unpaired) electrons. The smallest absolute Gasteiger partial charge is 0.283 e. The lowest BCUT2D eigenvalue weighted by atomic mass is 10.1. The molecule has 4 nitrogen and oxygen atoms in total. The van der Waals surface area contributed by atoms with Gasteiger partial charge in [0.1, 0.15) is 0 Å². The molecule has 0 fully saturated rings. The van der Waals surface area contributed by atoms with Gasteiger partial charge in [-0.15, -0.1) is 0 Å². The summed E-state index contributed by atoms with van der Waals surface area (Å²) in [6, 6.07) is 0. The second-order valence-electron chi connectivity index (χ2n) is 3.08. The lowest BCUT2D eigenvalue weighted by molar-refractivity contribution is -0.171. The zero-order chi connectivity index (χ0) is 12.0. The topological polar surface area (TPSA) is 46.6 Å². The van der Waals surface area contributed by atoms with Crippen LogP contribution in [0.3, 0.4) is 0 Å². The summed E-state index contributed by atoms with van der Waals surface area (Å²) in [5.41, 5.74) is 0.355. The van der Waals surface area contributed by atoms with E-state index in [-0.39, 0.29) is 0 Å². The number of halogens is 1. The van der Waals surface area contributed by atoms with E-state index in [1.165, 1.54) is 14.2 Å². The van der Waals surface area contributed by atoms with Crippen molar-refractivity contribution in [1.29, 1.82) is 0 Å². The SMILES string of the molecule is CCC/C(C(=O)C(=O)N(C)OC)=C(\C)Cl. The molecule has 1 amide bonds. The van der Waals surface area contributed by atoms with E-state index in [2.05, 4.69) is 4.84 Å². The molecule has 0 heterocycles. The van der Waals surface area contributed by atoms with Crippen molar-refractivity contribution in [2.24, 2.45) is 0 Å². The van der Waals surface area contributed by atoms with Crippen LogP contribution in [0.5, 0.6) is 0 Å². The Morgan fingerprint density at radius 2 is 1.93 bits per heavy atom. The van der Waals surface area contributed by atoms with Gasteiger partial charge in [-0.05, 0) is 13.3 Å². The number of ketones is 1. The number of hydrogen-bond acceptors (Lipinski definition) is 3. The minimum absolute atomic E-state index is 0.355. The van der Waals surface area contributed by atoms with Gasteiger partial charge in [-0.1, -0.05) is 24.9 Å². The Bertz CT molecular complexity index is 282. The Morgan fingerprint density at radius 3 is 2.27 bits per heavy atom. The van der Waals surface area contributed by atoms with E-state index < -0.39 is 11.7 Å². The van der Waals surface area contributed by atoms with Crippen LogP contribution >= 0.6 is 11.6 Å². The maximum atomic E-state index is 11.7. The molecule has 0 aromatic rings. The van der Waals surface area contributed by atoms with Gasteiger partial charge in [0.25, 0.3) is 0 Å². The van der Waals surface area contributed by atoms with E-state index in [4.69, 9.17) is 11.6 Å². The molecule has 0 aliphatic rings. The van der Waals surface area contributed by atoms with Gasteiger partial charge in [-0.2, -0.15) is 0 Å². The molecule has 5 heteroatoms. The highest BCUT2D eigenvalue weighted by Crippen LogP contribution is 2.16. The summed E-state index contributed by atoms with van der Waals surface area (Å²) in [7, 11) is 2.70. The predicted molar refractivity (Wildman–Crippen MR) is 58.2 cm³/mol. The summed E-state index contributed by atoms with van der Waals surface area (Å²) in [5, 5.41) is 1.25. The molecule has 0 unspecified atom stereocenters. The van der Waals surface area contributed by atoms with Crippen LogP contribution in [0.1, 0.15) is 26.7 Å². The number of allylic oxidation sites excluding steroid dienone is 1. The lowest BCUT2D eigenvalue weighted by Crippen LogP contribution is -2.33. The predicted octanol–water partition coefficient (Wildman–Crippen LogP) is 1.89. The van der Waals surface area contributed by atoms with Gasteiger partial charge in [0.2, 0.25) is 5.78 Å². The molecule has 0 aromatic heterocycles.